The van der Waals surface area contributed by atoms with E-state index >= 15 is 0 Å². The van der Waals surface area contributed by atoms with Crippen molar-refractivity contribution < 1.29 is 38.5 Å². The van der Waals surface area contributed by atoms with E-state index in [1.54, 1.807) is 0 Å². The summed E-state index contributed by atoms with van der Waals surface area (Å²) < 4.78 is 15.8. The smallest absolute Gasteiger partial charge is 0.327 e. The van der Waals surface area contributed by atoms with Gasteiger partial charge in [0.25, 0.3) is 0 Å². The van der Waals surface area contributed by atoms with Gasteiger partial charge >= 0.3 is 5.97 Å². The number of carbonyl (C=O) groups is 4. The fraction of sp³-hybridized carbons (Fsp3) is 0.474. The van der Waals surface area contributed by atoms with E-state index in [9.17, 15) is 24.3 Å². The number of hydrogen-bond donors (Lipinski definition) is 1. The van der Waals surface area contributed by atoms with Gasteiger partial charge in [-0.2, -0.15) is 0 Å². The Kier molecular flexibility index (Phi) is 8.42. The third-order valence-electron chi connectivity index (χ3n) is 4.40. The van der Waals surface area contributed by atoms with Crippen molar-refractivity contribution in [1.29, 1.82) is 0 Å². The minimum Gasteiger partial charge on any atom is -0.493 e. The summed E-state index contributed by atoms with van der Waals surface area (Å²) in [7, 11) is 4.25. The summed E-state index contributed by atoms with van der Waals surface area (Å²) in [5, 5.41) is 7.94. The van der Waals surface area contributed by atoms with E-state index in [-0.39, 0.29) is 40.2 Å². The van der Waals surface area contributed by atoms with Gasteiger partial charge in [-0.3, -0.25) is 14.4 Å². The van der Waals surface area contributed by atoms with Crippen LogP contribution in [0.2, 0.25) is 0 Å². The zero-order valence-electron chi connectivity index (χ0n) is 17.0. The quantitative estimate of drug-likeness (QED) is 0.551. The summed E-state index contributed by atoms with van der Waals surface area (Å²) in [4.78, 5) is 50.2. The van der Waals surface area contributed by atoms with Gasteiger partial charge in [0.05, 0.1) is 32.5 Å². The normalized spacial score (nSPS) is 16.7. The third kappa shape index (κ3) is 5.39. The molecular weight excluding hydrogens is 434 g/mol. The Bertz CT molecular complexity index is 819. The summed E-state index contributed by atoms with van der Waals surface area (Å²) >= 11 is 2.06. The molecular formula is C19H23NO8S2. The molecule has 2 rings (SSSR count). The molecule has 1 N–H and O–H groups in total. The Balaban J connectivity index is 2.33. The lowest BCUT2D eigenvalue weighted by Gasteiger charge is -2.23. The minimum atomic E-state index is -1.10. The highest BCUT2D eigenvalue weighted by Gasteiger charge is 2.37. The molecule has 1 saturated heterocycles. The van der Waals surface area contributed by atoms with Crippen molar-refractivity contribution in [3.63, 3.8) is 0 Å². The summed E-state index contributed by atoms with van der Waals surface area (Å²) in [5.41, 5.74) is 0.182. The summed E-state index contributed by atoms with van der Waals surface area (Å²) in [5.74, 6) is -0.715. The molecule has 164 valence electrons. The number of rotatable bonds is 9. The van der Waals surface area contributed by atoms with Crippen molar-refractivity contribution >= 4 is 46.3 Å². The second-order valence-electron chi connectivity index (χ2n) is 6.30. The molecule has 0 radical (unpaired) electrons. The van der Waals surface area contributed by atoms with Crippen LogP contribution in [0.25, 0.3) is 0 Å². The van der Waals surface area contributed by atoms with Crippen LogP contribution in [0.5, 0.6) is 17.2 Å². The molecule has 0 aromatic heterocycles. The third-order valence-corrected chi connectivity index (χ3v) is 6.41. The van der Waals surface area contributed by atoms with Crippen LogP contribution in [0.4, 0.5) is 0 Å². The first kappa shape index (κ1) is 23.9. The maximum absolute atomic E-state index is 13.2. The Hall–Kier alpha value is -2.40. The van der Waals surface area contributed by atoms with Gasteiger partial charge in [0.2, 0.25) is 11.7 Å². The molecule has 30 heavy (non-hydrogen) atoms. The molecule has 1 aromatic rings. The van der Waals surface area contributed by atoms with Crippen LogP contribution in [-0.2, 0) is 14.4 Å². The number of carbonyl (C=O) groups excluding carboxylic acids is 3. The first-order chi connectivity index (χ1) is 14.2. The number of methoxy groups -OCH3 is 3. The lowest BCUT2D eigenvalue weighted by atomic mass is 10.0. The summed E-state index contributed by atoms with van der Waals surface area (Å²) in [6.45, 7) is 1.30. The van der Waals surface area contributed by atoms with E-state index in [2.05, 4.69) is 0 Å². The number of carboxylic acids is 1. The van der Waals surface area contributed by atoms with E-state index in [0.29, 0.717) is 5.75 Å². The van der Waals surface area contributed by atoms with E-state index in [0.717, 1.165) is 11.8 Å². The number of hydrogen-bond acceptors (Lipinski definition) is 9. The molecule has 1 fully saturated rings. The predicted molar refractivity (Wildman–Crippen MR) is 113 cm³/mol. The number of carboxylic acid groups (broad SMARTS) is 1. The molecule has 1 unspecified atom stereocenters. The second-order valence-corrected chi connectivity index (χ2v) is 8.68. The molecule has 1 aliphatic heterocycles. The molecule has 1 heterocycles. The number of benzene rings is 1. The van der Waals surface area contributed by atoms with E-state index in [1.807, 2.05) is 0 Å². The molecule has 1 aromatic carbocycles. The predicted octanol–water partition coefficient (Wildman–Crippen LogP) is 1.92. The fourth-order valence-corrected chi connectivity index (χ4v) is 5.01. The number of amides is 1. The van der Waals surface area contributed by atoms with Gasteiger partial charge < -0.3 is 24.2 Å². The van der Waals surface area contributed by atoms with Gasteiger partial charge in [0.15, 0.2) is 22.4 Å². The zero-order valence-corrected chi connectivity index (χ0v) is 18.6. The number of ether oxygens (including phenoxy) is 3. The van der Waals surface area contributed by atoms with Crippen molar-refractivity contribution in [2.45, 2.75) is 24.6 Å². The largest absolute Gasteiger partial charge is 0.493 e. The lowest BCUT2D eigenvalue weighted by molar-refractivity contribution is -0.147. The van der Waals surface area contributed by atoms with Crippen LogP contribution in [0.15, 0.2) is 12.1 Å². The molecule has 1 amide bonds. The molecule has 0 spiro atoms. The van der Waals surface area contributed by atoms with Crippen LogP contribution in [0.1, 0.15) is 23.7 Å². The second kappa shape index (κ2) is 10.6. The van der Waals surface area contributed by atoms with Crippen molar-refractivity contribution in [3.8, 4) is 17.2 Å². The van der Waals surface area contributed by atoms with Gasteiger partial charge in [-0.25, -0.2) is 4.79 Å². The number of nitrogens with zero attached hydrogens (tertiary/aromatic N) is 1. The molecule has 9 nitrogen and oxygen atoms in total. The Morgan fingerprint density at radius 3 is 2.23 bits per heavy atom. The minimum absolute atomic E-state index is 0.182. The van der Waals surface area contributed by atoms with Crippen LogP contribution >= 0.6 is 23.5 Å². The molecule has 2 atom stereocenters. The van der Waals surface area contributed by atoms with Crippen LogP contribution in [-0.4, -0.2) is 77.0 Å². The molecule has 11 heteroatoms. The van der Waals surface area contributed by atoms with Gasteiger partial charge in [0, 0.05) is 24.7 Å². The Morgan fingerprint density at radius 2 is 1.77 bits per heavy atom. The number of aliphatic carboxylic acids is 1. The highest BCUT2D eigenvalue weighted by Crippen LogP contribution is 2.39. The van der Waals surface area contributed by atoms with Crippen LogP contribution < -0.4 is 14.2 Å². The lowest BCUT2D eigenvalue weighted by Crippen LogP contribution is -2.43. The Labute approximate surface area is 182 Å². The maximum atomic E-state index is 13.2. The standard InChI is InChI=1S/C19H23NO8S2/c1-10(21)30-15(7-16(22)20-9-29-8-12(20)19(24)25)17(23)11-5-13(26-2)18(28-4)14(6-11)27-3/h5-6,12,15H,7-9H2,1-4H3,(H,24,25)/t12-,15?/m0/s1. The first-order valence-corrected chi connectivity index (χ1v) is 10.9. The van der Waals surface area contributed by atoms with E-state index in [1.165, 1.54) is 57.0 Å². The number of thioether (sulfide) groups is 2. The van der Waals surface area contributed by atoms with E-state index in [4.69, 9.17) is 14.2 Å². The first-order valence-electron chi connectivity index (χ1n) is 8.84. The van der Waals surface area contributed by atoms with Crippen LogP contribution in [0, 0.1) is 0 Å². The zero-order chi connectivity index (χ0) is 22.4. The highest BCUT2D eigenvalue weighted by atomic mass is 32.2. The topological polar surface area (TPSA) is 119 Å². The van der Waals surface area contributed by atoms with E-state index < -0.39 is 29.0 Å². The maximum Gasteiger partial charge on any atom is 0.327 e. The molecule has 0 saturated carbocycles. The Morgan fingerprint density at radius 1 is 1.17 bits per heavy atom. The van der Waals surface area contributed by atoms with Crippen molar-refractivity contribution in [2.24, 2.45) is 0 Å². The summed E-state index contributed by atoms with van der Waals surface area (Å²) in [6, 6.07) is 1.96. The number of ketones is 1. The average Bonchev–Trinajstić information content (AvgIpc) is 3.21. The molecule has 1 aliphatic rings. The van der Waals surface area contributed by atoms with Gasteiger partial charge in [-0.05, 0) is 12.1 Å². The van der Waals surface area contributed by atoms with Gasteiger partial charge in [0.1, 0.15) is 6.04 Å². The van der Waals surface area contributed by atoms with Crippen molar-refractivity contribution in [1.82, 2.24) is 4.90 Å². The van der Waals surface area contributed by atoms with Gasteiger partial charge in [-0.15, -0.1) is 11.8 Å². The fourth-order valence-electron chi connectivity index (χ4n) is 2.97. The SMILES string of the molecule is COc1cc(C(=O)C(CC(=O)N2CSC[C@H]2C(=O)O)SC(C)=O)cc(OC)c1OC. The molecule has 0 aliphatic carbocycles. The molecule has 0 bridgehead atoms. The highest BCUT2D eigenvalue weighted by molar-refractivity contribution is 8.14. The van der Waals surface area contributed by atoms with Gasteiger partial charge in [-0.1, -0.05) is 11.8 Å². The summed E-state index contributed by atoms with van der Waals surface area (Å²) in [6.07, 6.45) is -0.302. The van der Waals surface area contributed by atoms with Crippen molar-refractivity contribution in [2.75, 3.05) is 33.0 Å². The average molecular weight is 458 g/mol. The monoisotopic (exact) mass is 457 g/mol. The number of Topliss-reactive ketones (excluding diaryl/α,β-unsaturated/α-hetero) is 1. The van der Waals surface area contributed by atoms with Crippen molar-refractivity contribution in [3.05, 3.63) is 17.7 Å². The van der Waals surface area contributed by atoms with Crippen LogP contribution in [0.3, 0.4) is 0 Å².